The van der Waals surface area contributed by atoms with Gasteiger partial charge in [0.2, 0.25) is 0 Å². The number of aromatic nitrogens is 2. The number of hydrogen-bond acceptors (Lipinski definition) is 4. The maximum absolute atomic E-state index is 12.0. The Balaban J connectivity index is 2.52. The zero-order valence-electron chi connectivity index (χ0n) is 12.3. The van der Waals surface area contributed by atoms with Gasteiger partial charge in [0.1, 0.15) is 5.69 Å². The lowest BCUT2D eigenvalue weighted by molar-refractivity contribution is -0.133. The van der Waals surface area contributed by atoms with E-state index in [0.717, 1.165) is 5.69 Å². The molecule has 0 aliphatic carbocycles. The highest BCUT2D eigenvalue weighted by Gasteiger charge is 2.21. The van der Waals surface area contributed by atoms with Crippen molar-refractivity contribution in [1.82, 2.24) is 15.1 Å². The Labute approximate surface area is 122 Å². The van der Waals surface area contributed by atoms with E-state index in [4.69, 9.17) is 5.11 Å². The summed E-state index contributed by atoms with van der Waals surface area (Å²) in [6, 6.07) is 1.79. The molecule has 0 spiro atoms. The number of aryl methyl sites for hydroxylation is 1. The number of carbonyl (C=O) groups is 2. The molecule has 0 fully saturated rings. The number of carboxylic acids is 1. The number of carbonyl (C=O) groups excluding carboxylic acids is 1. The average Bonchev–Trinajstić information content (AvgIpc) is 2.70. The fourth-order valence-corrected chi connectivity index (χ4v) is 2.10. The lowest BCUT2D eigenvalue weighted by atomic mass is 9.92. The fourth-order valence-electron chi connectivity index (χ4n) is 1.53. The van der Waals surface area contributed by atoms with E-state index in [-0.39, 0.29) is 17.1 Å². The number of thioether (sulfide) groups is 1. The van der Waals surface area contributed by atoms with Gasteiger partial charge in [0.05, 0.1) is 11.4 Å². The summed E-state index contributed by atoms with van der Waals surface area (Å²) in [6.45, 7) is 6.56. The Morgan fingerprint density at radius 2 is 2.10 bits per heavy atom. The lowest BCUT2D eigenvalue weighted by Gasteiger charge is -2.13. The number of aliphatic carboxylic acids is 1. The second kappa shape index (κ2) is 6.78. The van der Waals surface area contributed by atoms with E-state index in [2.05, 4.69) is 10.4 Å². The summed E-state index contributed by atoms with van der Waals surface area (Å²) in [5.41, 5.74) is 1.27. The number of rotatable bonds is 6. The first-order chi connectivity index (χ1) is 9.21. The van der Waals surface area contributed by atoms with Crippen LogP contribution in [0.5, 0.6) is 0 Å². The number of amides is 1. The highest BCUT2D eigenvalue weighted by atomic mass is 32.2. The van der Waals surface area contributed by atoms with E-state index in [0.29, 0.717) is 18.0 Å². The molecule has 2 N–H and O–H groups in total. The van der Waals surface area contributed by atoms with Gasteiger partial charge >= 0.3 is 5.97 Å². The predicted octanol–water partition coefficient (Wildman–Crippen LogP) is 1.27. The Morgan fingerprint density at radius 1 is 1.45 bits per heavy atom. The topological polar surface area (TPSA) is 84.2 Å². The Morgan fingerprint density at radius 3 is 2.60 bits per heavy atom. The minimum atomic E-state index is -0.845. The molecule has 112 valence electrons. The number of nitrogens with zero attached hydrogens (tertiary/aromatic N) is 2. The summed E-state index contributed by atoms with van der Waals surface area (Å²) in [5.74, 6) is -0.410. The third-order valence-corrected chi connectivity index (χ3v) is 3.58. The van der Waals surface area contributed by atoms with Gasteiger partial charge in [-0.15, -0.1) is 11.8 Å². The van der Waals surface area contributed by atoms with Crippen molar-refractivity contribution in [2.24, 2.45) is 7.05 Å². The summed E-state index contributed by atoms with van der Waals surface area (Å²) in [6.07, 6.45) is 0. The summed E-state index contributed by atoms with van der Waals surface area (Å²) < 4.78 is 1.57. The molecule has 0 aliphatic heterocycles. The summed E-state index contributed by atoms with van der Waals surface area (Å²) >= 11 is 1.28. The van der Waals surface area contributed by atoms with Crippen molar-refractivity contribution in [3.8, 4) is 0 Å². The van der Waals surface area contributed by atoms with Crippen molar-refractivity contribution in [2.75, 3.05) is 18.1 Å². The van der Waals surface area contributed by atoms with Crippen molar-refractivity contribution in [1.29, 1.82) is 0 Å². The van der Waals surface area contributed by atoms with E-state index < -0.39 is 5.97 Å². The molecule has 0 unspecified atom stereocenters. The Bertz CT molecular complexity index is 492. The van der Waals surface area contributed by atoms with Crippen molar-refractivity contribution < 1.29 is 14.7 Å². The molecule has 0 saturated heterocycles. The number of carboxylic acid groups (broad SMARTS) is 1. The lowest BCUT2D eigenvalue weighted by Crippen LogP contribution is -2.27. The minimum Gasteiger partial charge on any atom is -0.481 e. The van der Waals surface area contributed by atoms with E-state index >= 15 is 0 Å². The molecule has 0 radical (unpaired) electrons. The molecule has 0 aromatic carbocycles. The predicted molar refractivity (Wildman–Crippen MR) is 79.2 cm³/mol. The second-order valence-electron chi connectivity index (χ2n) is 5.49. The normalized spacial score (nSPS) is 11.4. The Kier molecular flexibility index (Phi) is 5.62. The molecule has 0 atom stereocenters. The first kappa shape index (κ1) is 16.6. The van der Waals surface area contributed by atoms with Crippen LogP contribution < -0.4 is 5.32 Å². The largest absolute Gasteiger partial charge is 0.481 e. The van der Waals surface area contributed by atoms with Crippen LogP contribution in [-0.4, -0.2) is 44.8 Å². The van der Waals surface area contributed by atoms with E-state index in [1.54, 1.807) is 17.8 Å². The van der Waals surface area contributed by atoms with Crippen LogP contribution in [-0.2, 0) is 17.3 Å². The van der Waals surface area contributed by atoms with E-state index in [1.807, 2.05) is 20.8 Å². The second-order valence-corrected chi connectivity index (χ2v) is 6.60. The molecule has 0 aliphatic rings. The Hall–Kier alpha value is -1.50. The van der Waals surface area contributed by atoms with Crippen LogP contribution in [0.2, 0.25) is 0 Å². The van der Waals surface area contributed by atoms with Gasteiger partial charge in [-0.05, 0) is 6.07 Å². The van der Waals surface area contributed by atoms with Crippen molar-refractivity contribution in [2.45, 2.75) is 26.2 Å². The highest BCUT2D eigenvalue weighted by Crippen LogP contribution is 2.21. The van der Waals surface area contributed by atoms with Gasteiger partial charge in [-0.2, -0.15) is 5.10 Å². The quantitative estimate of drug-likeness (QED) is 0.773. The standard InChI is InChI=1S/C13H21N3O3S/c1-13(2,3)10-7-9(16(4)15-10)12(19)14-5-6-20-8-11(17)18/h7H,5-6,8H2,1-4H3,(H,14,19)(H,17,18). The van der Waals surface area contributed by atoms with E-state index in [9.17, 15) is 9.59 Å². The van der Waals surface area contributed by atoms with Crippen LogP contribution in [0, 0.1) is 0 Å². The van der Waals surface area contributed by atoms with Crippen LogP contribution >= 0.6 is 11.8 Å². The van der Waals surface area contributed by atoms with Crippen LogP contribution in [0.4, 0.5) is 0 Å². The van der Waals surface area contributed by atoms with Gasteiger partial charge < -0.3 is 10.4 Å². The molecule has 6 nitrogen and oxygen atoms in total. The number of hydrogen-bond donors (Lipinski definition) is 2. The SMILES string of the molecule is Cn1nc(C(C)(C)C)cc1C(=O)NCCSCC(=O)O. The molecule has 7 heteroatoms. The molecular weight excluding hydrogens is 278 g/mol. The molecule has 1 amide bonds. The molecule has 0 saturated carbocycles. The molecule has 1 heterocycles. The molecule has 0 bridgehead atoms. The molecule has 1 aromatic heterocycles. The summed E-state index contributed by atoms with van der Waals surface area (Å²) in [5, 5.41) is 15.6. The number of nitrogens with one attached hydrogen (secondary N) is 1. The van der Waals surface area contributed by atoms with Gasteiger partial charge in [-0.1, -0.05) is 20.8 Å². The maximum Gasteiger partial charge on any atom is 0.313 e. The van der Waals surface area contributed by atoms with E-state index in [1.165, 1.54) is 11.8 Å². The minimum absolute atomic E-state index is 0.0513. The average molecular weight is 299 g/mol. The first-order valence-corrected chi connectivity index (χ1v) is 7.49. The van der Waals surface area contributed by atoms with Crippen molar-refractivity contribution in [3.63, 3.8) is 0 Å². The van der Waals surface area contributed by atoms with Gasteiger partial charge in [0, 0.05) is 24.8 Å². The zero-order chi connectivity index (χ0) is 15.3. The van der Waals surface area contributed by atoms with Crippen molar-refractivity contribution in [3.05, 3.63) is 17.5 Å². The van der Waals surface area contributed by atoms with Gasteiger partial charge in [-0.25, -0.2) is 0 Å². The van der Waals surface area contributed by atoms with Crippen LogP contribution in [0.25, 0.3) is 0 Å². The summed E-state index contributed by atoms with van der Waals surface area (Å²) in [4.78, 5) is 22.3. The van der Waals surface area contributed by atoms with Crippen LogP contribution in [0.15, 0.2) is 6.07 Å². The fraction of sp³-hybridized carbons (Fsp3) is 0.615. The summed E-state index contributed by atoms with van der Waals surface area (Å²) in [7, 11) is 1.74. The zero-order valence-corrected chi connectivity index (χ0v) is 13.1. The molecule has 20 heavy (non-hydrogen) atoms. The van der Waals surface area contributed by atoms with Gasteiger partial charge in [0.15, 0.2) is 0 Å². The van der Waals surface area contributed by atoms with Gasteiger partial charge in [0.25, 0.3) is 5.91 Å². The highest BCUT2D eigenvalue weighted by molar-refractivity contribution is 7.99. The van der Waals surface area contributed by atoms with Crippen LogP contribution in [0.3, 0.4) is 0 Å². The van der Waals surface area contributed by atoms with Crippen LogP contribution in [0.1, 0.15) is 37.0 Å². The van der Waals surface area contributed by atoms with Gasteiger partial charge in [-0.3, -0.25) is 14.3 Å². The third-order valence-electron chi connectivity index (χ3n) is 2.64. The third kappa shape index (κ3) is 4.88. The first-order valence-electron chi connectivity index (χ1n) is 6.34. The molecular formula is C13H21N3O3S. The monoisotopic (exact) mass is 299 g/mol. The smallest absolute Gasteiger partial charge is 0.313 e. The molecule has 1 aromatic rings. The van der Waals surface area contributed by atoms with Crippen molar-refractivity contribution >= 4 is 23.6 Å². The maximum atomic E-state index is 12.0. The molecule has 1 rings (SSSR count).